The maximum Gasteiger partial charge on any atom is 0.414 e. The van der Waals surface area contributed by atoms with Crippen molar-refractivity contribution >= 4 is 37.8 Å². The second kappa shape index (κ2) is 6.83. The quantitative estimate of drug-likeness (QED) is 0.663. The molecule has 2 rings (SSSR count). The van der Waals surface area contributed by atoms with Gasteiger partial charge in [0.25, 0.3) is 10.1 Å². The fourth-order valence-corrected chi connectivity index (χ4v) is 3.71. The van der Waals surface area contributed by atoms with Crippen LogP contribution in [0.2, 0.25) is 0 Å². The van der Waals surface area contributed by atoms with Crippen molar-refractivity contribution in [1.82, 2.24) is 0 Å². The van der Waals surface area contributed by atoms with E-state index in [1.165, 1.54) is 4.90 Å². The van der Waals surface area contributed by atoms with Crippen LogP contribution < -0.4 is 4.90 Å². The largest absolute Gasteiger partial charge is 0.443 e. The minimum absolute atomic E-state index is 0.137. The Labute approximate surface area is 162 Å². The lowest BCUT2D eigenvalue weighted by atomic mass is 9.85. The molecule has 0 saturated heterocycles. The third-order valence-electron chi connectivity index (χ3n) is 3.83. The van der Waals surface area contributed by atoms with Gasteiger partial charge in [-0.1, -0.05) is 22.9 Å². The molecule has 142 valence electrons. The van der Waals surface area contributed by atoms with E-state index in [2.05, 4.69) is 22.0 Å². The third kappa shape index (κ3) is 4.55. The fraction of sp³-hybridized carbons (Fsp3) is 0.529. The lowest BCUT2D eigenvalue weighted by Gasteiger charge is -2.27. The van der Waals surface area contributed by atoms with Crippen molar-refractivity contribution in [2.45, 2.75) is 38.7 Å². The Morgan fingerprint density at radius 1 is 1.42 bits per heavy atom. The Bertz CT molecular complexity index is 886. The number of benzene rings is 1. The van der Waals surface area contributed by atoms with E-state index in [9.17, 15) is 18.5 Å². The second-order valence-electron chi connectivity index (χ2n) is 7.55. The van der Waals surface area contributed by atoms with Gasteiger partial charge in [0, 0.05) is 16.4 Å². The standard InChI is InChI=1S/C17H21BrN2O5S/c1-16(2,3)25-15(21)20-9-17(4,10-24-26(5,22)23)13-7-12(18)6-11(8-19)14(13)20/h6-7H,9-10H2,1-5H3/t17-/m0/s1. The number of carbonyl (C=O) groups is 1. The van der Waals surface area contributed by atoms with Crippen LogP contribution in [0, 0.1) is 11.3 Å². The van der Waals surface area contributed by atoms with E-state index in [1.54, 1.807) is 39.8 Å². The number of amides is 1. The Balaban J connectivity index is 2.54. The molecule has 1 aromatic carbocycles. The molecule has 7 nitrogen and oxygen atoms in total. The molecule has 1 aromatic rings. The van der Waals surface area contributed by atoms with Crippen LogP contribution in [-0.4, -0.2) is 39.5 Å². The number of nitriles is 1. The number of rotatable bonds is 3. The van der Waals surface area contributed by atoms with Crippen LogP contribution in [0.3, 0.4) is 0 Å². The van der Waals surface area contributed by atoms with Gasteiger partial charge in [-0.15, -0.1) is 0 Å². The maximum atomic E-state index is 12.7. The van der Waals surface area contributed by atoms with Gasteiger partial charge < -0.3 is 4.74 Å². The Kier molecular flexibility index (Phi) is 5.43. The van der Waals surface area contributed by atoms with Gasteiger partial charge in [-0.3, -0.25) is 9.08 Å². The highest BCUT2D eigenvalue weighted by atomic mass is 79.9. The smallest absolute Gasteiger partial charge is 0.414 e. The molecule has 1 atom stereocenters. The first-order valence-corrected chi connectivity index (χ1v) is 10.5. The summed E-state index contributed by atoms with van der Waals surface area (Å²) in [5.74, 6) is 0. The summed E-state index contributed by atoms with van der Waals surface area (Å²) in [6.45, 7) is 7.02. The minimum Gasteiger partial charge on any atom is -0.443 e. The number of carbonyl (C=O) groups excluding carboxylic acids is 1. The molecule has 26 heavy (non-hydrogen) atoms. The fourth-order valence-electron chi connectivity index (χ4n) is 2.78. The Morgan fingerprint density at radius 3 is 2.54 bits per heavy atom. The van der Waals surface area contributed by atoms with Gasteiger partial charge in [-0.25, -0.2) is 4.79 Å². The third-order valence-corrected chi connectivity index (χ3v) is 4.83. The first-order chi connectivity index (χ1) is 11.8. The predicted octanol–water partition coefficient (Wildman–Crippen LogP) is 3.31. The van der Waals surface area contributed by atoms with Crippen molar-refractivity contribution in [2.75, 3.05) is 24.3 Å². The average molecular weight is 445 g/mol. The van der Waals surface area contributed by atoms with Crippen molar-refractivity contribution < 1.29 is 22.1 Å². The molecule has 1 amide bonds. The summed E-state index contributed by atoms with van der Waals surface area (Å²) in [7, 11) is -3.66. The van der Waals surface area contributed by atoms with Crippen molar-refractivity contribution in [3.05, 3.63) is 27.7 Å². The molecule has 0 radical (unpaired) electrons. The normalized spacial score (nSPS) is 19.8. The SMILES string of the molecule is CC(C)(C)OC(=O)N1C[C@@](C)(COS(C)(=O)=O)c2cc(Br)cc(C#N)c21. The van der Waals surface area contributed by atoms with E-state index in [0.29, 0.717) is 21.3 Å². The van der Waals surface area contributed by atoms with Crippen LogP contribution in [0.5, 0.6) is 0 Å². The van der Waals surface area contributed by atoms with E-state index in [1.807, 2.05) is 0 Å². The van der Waals surface area contributed by atoms with Gasteiger partial charge in [-0.05, 0) is 38.5 Å². The first-order valence-electron chi connectivity index (χ1n) is 7.85. The molecule has 9 heteroatoms. The topological polar surface area (TPSA) is 96.7 Å². The molecule has 0 bridgehead atoms. The summed E-state index contributed by atoms with van der Waals surface area (Å²) < 4.78 is 34.0. The summed E-state index contributed by atoms with van der Waals surface area (Å²) in [6, 6.07) is 5.47. The van der Waals surface area contributed by atoms with Crippen LogP contribution in [-0.2, 0) is 24.5 Å². The molecule has 0 spiro atoms. The molecular weight excluding hydrogens is 424 g/mol. The number of anilines is 1. The van der Waals surface area contributed by atoms with Crippen molar-refractivity contribution in [3.63, 3.8) is 0 Å². The molecule has 1 heterocycles. The molecule has 0 N–H and O–H groups in total. The molecule has 0 unspecified atom stereocenters. The summed E-state index contributed by atoms with van der Waals surface area (Å²) in [4.78, 5) is 14.1. The minimum atomic E-state index is -3.66. The van der Waals surface area contributed by atoms with Gasteiger partial charge in [0.2, 0.25) is 0 Å². The van der Waals surface area contributed by atoms with E-state index in [4.69, 9.17) is 8.92 Å². The van der Waals surface area contributed by atoms with Crippen molar-refractivity contribution in [2.24, 2.45) is 0 Å². The van der Waals surface area contributed by atoms with Crippen LogP contribution in [0.4, 0.5) is 10.5 Å². The van der Waals surface area contributed by atoms with Crippen molar-refractivity contribution in [1.29, 1.82) is 5.26 Å². The zero-order chi connectivity index (χ0) is 19.9. The molecular formula is C17H21BrN2O5S. The molecule has 0 aliphatic carbocycles. The van der Waals surface area contributed by atoms with Gasteiger partial charge in [0.15, 0.2) is 0 Å². The van der Waals surface area contributed by atoms with E-state index < -0.39 is 27.2 Å². The van der Waals surface area contributed by atoms with E-state index in [0.717, 1.165) is 6.26 Å². The van der Waals surface area contributed by atoms with E-state index >= 15 is 0 Å². The number of halogens is 1. The Hall–Kier alpha value is -1.63. The zero-order valence-corrected chi connectivity index (χ0v) is 17.7. The zero-order valence-electron chi connectivity index (χ0n) is 15.3. The van der Waals surface area contributed by atoms with Crippen LogP contribution in [0.1, 0.15) is 38.8 Å². The lowest BCUT2D eigenvalue weighted by molar-refractivity contribution is 0.0576. The van der Waals surface area contributed by atoms with Gasteiger partial charge in [-0.2, -0.15) is 13.7 Å². The second-order valence-corrected chi connectivity index (χ2v) is 10.1. The summed E-state index contributed by atoms with van der Waals surface area (Å²) >= 11 is 3.36. The first kappa shape index (κ1) is 20.7. The van der Waals surface area contributed by atoms with Crippen LogP contribution in [0.25, 0.3) is 0 Å². The Morgan fingerprint density at radius 2 is 2.04 bits per heavy atom. The number of fused-ring (bicyclic) bond motifs is 1. The van der Waals surface area contributed by atoms with Gasteiger partial charge in [0.05, 0.1) is 24.1 Å². The highest BCUT2D eigenvalue weighted by Gasteiger charge is 2.45. The monoisotopic (exact) mass is 444 g/mol. The molecule has 0 aromatic heterocycles. The summed E-state index contributed by atoms with van der Waals surface area (Å²) in [5.41, 5.74) is -0.155. The summed E-state index contributed by atoms with van der Waals surface area (Å²) in [6.07, 6.45) is 0.375. The number of nitrogens with zero attached hydrogens (tertiary/aromatic N) is 2. The lowest BCUT2D eigenvalue weighted by Crippen LogP contribution is -2.41. The molecule has 1 aliphatic rings. The molecule has 0 saturated carbocycles. The van der Waals surface area contributed by atoms with Crippen LogP contribution in [0.15, 0.2) is 16.6 Å². The van der Waals surface area contributed by atoms with Crippen LogP contribution >= 0.6 is 15.9 Å². The highest BCUT2D eigenvalue weighted by Crippen LogP contribution is 2.45. The number of ether oxygens (including phenoxy) is 1. The predicted molar refractivity (Wildman–Crippen MR) is 101 cm³/mol. The van der Waals surface area contributed by atoms with E-state index in [-0.39, 0.29) is 13.2 Å². The average Bonchev–Trinajstić information content (AvgIpc) is 2.76. The molecule has 0 fully saturated rings. The highest BCUT2D eigenvalue weighted by molar-refractivity contribution is 9.10. The van der Waals surface area contributed by atoms with Crippen molar-refractivity contribution in [3.8, 4) is 6.07 Å². The van der Waals surface area contributed by atoms with Gasteiger partial charge in [0.1, 0.15) is 11.7 Å². The summed E-state index contributed by atoms with van der Waals surface area (Å²) in [5, 5.41) is 9.51. The van der Waals surface area contributed by atoms with Gasteiger partial charge >= 0.3 is 6.09 Å². The maximum absolute atomic E-state index is 12.7. The number of hydrogen-bond donors (Lipinski definition) is 0. The molecule has 1 aliphatic heterocycles. The number of hydrogen-bond acceptors (Lipinski definition) is 6.